The van der Waals surface area contributed by atoms with Crippen molar-refractivity contribution in [2.24, 2.45) is 0 Å². The third-order valence-electron chi connectivity index (χ3n) is 5.64. The van der Waals surface area contributed by atoms with E-state index in [2.05, 4.69) is 10.1 Å². The second-order valence-electron chi connectivity index (χ2n) is 7.54. The molecule has 1 unspecified atom stereocenters. The predicted molar refractivity (Wildman–Crippen MR) is 106 cm³/mol. The number of hydrogen-bond acceptors (Lipinski definition) is 6. The van der Waals surface area contributed by atoms with E-state index in [0.29, 0.717) is 37.0 Å². The van der Waals surface area contributed by atoms with E-state index in [9.17, 15) is 13.2 Å². The quantitative estimate of drug-likeness (QED) is 0.686. The first kappa shape index (κ1) is 20.0. The van der Waals surface area contributed by atoms with Crippen LogP contribution >= 0.6 is 0 Å². The summed E-state index contributed by atoms with van der Waals surface area (Å²) < 4.78 is 32.1. The number of hydrogen-bond donors (Lipinski definition) is 0. The Bertz CT molecular complexity index is 978. The van der Waals surface area contributed by atoms with Crippen LogP contribution in [-0.4, -0.2) is 53.3 Å². The molecule has 1 atom stereocenters. The van der Waals surface area contributed by atoms with Crippen molar-refractivity contribution in [1.82, 2.24) is 19.3 Å². The van der Waals surface area contributed by atoms with Gasteiger partial charge in [-0.25, -0.2) is 8.42 Å². The Morgan fingerprint density at radius 2 is 1.86 bits per heavy atom. The number of benzene rings is 1. The number of likely N-dealkylation sites (tertiary alicyclic amines) is 1. The normalized spacial score (nSPS) is 19.8. The maximum Gasteiger partial charge on any atom is 0.254 e. The first-order chi connectivity index (χ1) is 14.0. The molecule has 1 aromatic heterocycles. The van der Waals surface area contributed by atoms with E-state index in [1.54, 1.807) is 30.9 Å². The fraction of sp³-hybridized carbons (Fsp3) is 0.550. The predicted octanol–water partition coefficient (Wildman–Crippen LogP) is 2.95. The van der Waals surface area contributed by atoms with Crippen LogP contribution in [0.15, 0.2) is 33.7 Å². The maximum atomic E-state index is 13.1. The molecular formula is C20H26N4O4S. The summed E-state index contributed by atoms with van der Waals surface area (Å²) in [5.41, 5.74) is 0.456. The van der Waals surface area contributed by atoms with Crippen molar-refractivity contribution in [3.8, 4) is 0 Å². The van der Waals surface area contributed by atoms with Crippen LogP contribution in [0, 0.1) is 0 Å². The molecule has 2 aliphatic rings. The number of amides is 1. The zero-order chi connectivity index (χ0) is 20.6. The Kier molecular flexibility index (Phi) is 5.44. The molecule has 1 saturated heterocycles. The largest absolute Gasteiger partial charge is 0.337 e. The van der Waals surface area contributed by atoms with Crippen molar-refractivity contribution >= 4 is 15.9 Å². The fourth-order valence-corrected chi connectivity index (χ4v) is 5.26. The topological polar surface area (TPSA) is 96.6 Å². The molecule has 156 valence electrons. The monoisotopic (exact) mass is 418 g/mol. The molecular weight excluding hydrogens is 392 g/mol. The summed E-state index contributed by atoms with van der Waals surface area (Å²) >= 11 is 0. The first-order valence-electron chi connectivity index (χ1n) is 10.2. The van der Waals surface area contributed by atoms with Crippen LogP contribution in [0.1, 0.15) is 73.6 Å². The second-order valence-corrected chi connectivity index (χ2v) is 9.47. The van der Waals surface area contributed by atoms with E-state index in [1.807, 2.05) is 0 Å². The van der Waals surface area contributed by atoms with Crippen LogP contribution in [0.5, 0.6) is 0 Å². The van der Waals surface area contributed by atoms with Gasteiger partial charge in [0.15, 0.2) is 5.82 Å². The van der Waals surface area contributed by atoms with Gasteiger partial charge in [0.25, 0.3) is 5.91 Å². The lowest BCUT2D eigenvalue weighted by atomic mass is 10.1. The molecule has 1 saturated carbocycles. The Balaban J connectivity index is 1.52. The van der Waals surface area contributed by atoms with Gasteiger partial charge in [-0.15, -0.1) is 0 Å². The zero-order valence-electron chi connectivity index (χ0n) is 16.7. The summed E-state index contributed by atoms with van der Waals surface area (Å²) in [5, 5.41) is 4.07. The SMILES string of the molecule is CCN(CC)S(=O)(=O)c1ccc(C(=O)N2CCCC2c2nc(C3CC3)no2)cc1. The average molecular weight is 419 g/mol. The molecule has 2 fully saturated rings. The zero-order valence-corrected chi connectivity index (χ0v) is 17.6. The molecule has 1 aliphatic carbocycles. The van der Waals surface area contributed by atoms with E-state index in [0.717, 1.165) is 31.5 Å². The highest BCUT2D eigenvalue weighted by atomic mass is 32.2. The van der Waals surface area contributed by atoms with E-state index < -0.39 is 10.0 Å². The van der Waals surface area contributed by atoms with Gasteiger partial charge in [-0.05, 0) is 49.9 Å². The van der Waals surface area contributed by atoms with Gasteiger partial charge in [-0.2, -0.15) is 9.29 Å². The van der Waals surface area contributed by atoms with Crippen LogP contribution in [0.4, 0.5) is 0 Å². The van der Waals surface area contributed by atoms with Gasteiger partial charge < -0.3 is 9.42 Å². The number of sulfonamides is 1. The van der Waals surface area contributed by atoms with Gasteiger partial charge in [-0.1, -0.05) is 19.0 Å². The van der Waals surface area contributed by atoms with Gasteiger partial charge in [0, 0.05) is 31.1 Å². The third-order valence-corrected chi connectivity index (χ3v) is 7.71. The molecule has 0 radical (unpaired) electrons. The number of carbonyl (C=O) groups is 1. The van der Waals surface area contributed by atoms with Crippen LogP contribution in [0.3, 0.4) is 0 Å². The number of aromatic nitrogens is 2. The molecule has 8 nitrogen and oxygen atoms in total. The van der Waals surface area contributed by atoms with Crippen LogP contribution < -0.4 is 0 Å². The molecule has 1 aromatic carbocycles. The van der Waals surface area contributed by atoms with E-state index >= 15 is 0 Å². The van der Waals surface area contributed by atoms with Gasteiger partial charge >= 0.3 is 0 Å². The maximum absolute atomic E-state index is 13.1. The summed E-state index contributed by atoms with van der Waals surface area (Å²) in [6, 6.07) is 5.95. The minimum Gasteiger partial charge on any atom is -0.337 e. The van der Waals surface area contributed by atoms with E-state index in [1.165, 1.54) is 16.4 Å². The van der Waals surface area contributed by atoms with Gasteiger partial charge in [-0.3, -0.25) is 4.79 Å². The van der Waals surface area contributed by atoms with Crippen molar-refractivity contribution in [2.45, 2.75) is 56.4 Å². The lowest BCUT2D eigenvalue weighted by molar-refractivity contribution is 0.0710. The Morgan fingerprint density at radius 1 is 1.17 bits per heavy atom. The summed E-state index contributed by atoms with van der Waals surface area (Å²) in [5.74, 6) is 1.49. The number of carbonyl (C=O) groups excluding carboxylic acids is 1. The molecule has 9 heteroatoms. The van der Waals surface area contributed by atoms with Crippen molar-refractivity contribution in [2.75, 3.05) is 19.6 Å². The molecule has 4 rings (SSSR count). The molecule has 1 aliphatic heterocycles. The molecule has 29 heavy (non-hydrogen) atoms. The third kappa shape index (κ3) is 3.81. The minimum absolute atomic E-state index is 0.148. The Morgan fingerprint density at radius 3 is 2.48 bits per heavy atom. The van der Waals surface area contributed by atoms with Gasteiger partial charge in [0.2, 0.25) is 15.9 Å². The van der Waals surface area contributed by atoms with Crippen molar-refractivity contribution in [3.05, 3.63) is 41.5 Å². The lowest BCUT2D eigenvalue weighted by Crippen LogP contribution is -2.31. The summed E-state index contributed by atoms with van der Waals surface area (Å²) in [6.45, 7) is 5.03. The van der Waals surface area contributed by atoms with E-state index in [4.69, 9.17) is 4.52 Å². The van der Waals surface area contributed by atoms with Gasteiger partial charge in [0.05, 0.1) is 4.90 Å². The highest BCUT2D eigenvalue weighted by Crippen LogP contribution is 2.40. The van der Waals surface area contributed by atoms with Crippen LogP contribution in [0.25, 0.3) is 0 Å². The highest BCUT2D eigenvalue weighted by Gasteiger charge is 2.36. The first-order valence-corrected chi connectivity index (χ1v) is 11.6. The fourth-order valence-electron chi connectivity index (χ4n) is 3.80. The van der Waals surface area contributed by atoms with E-state index in [-0.39, 0.29) is 16.8 Å². The summed E-state index contributed by atoms with van der Waals surface area (Å²) in [4.78, 5) is 19.5. The Hall–Kier alpha value is -2.26. The number of nitrogens with zero attached hydrogens (tertiary/aromatic N) is 4. The lowest BCUT2D eigenvalue weighted by Gasteiger charge is -2.22. The standard InChI is InChI=1S/C20H26N4O4S/c1-3-23(4-2)29(26,27)16-11-9-15(10-12-16)20(25)24-13-5-6-17(24)19-21-18(22-28-19)14-7-8-14/h9-12,14,17H,3-8,13H2,1-2H3. The van der Waals surface area contributed by atoms with Crippen molar-refractivity contribution in [3.63, 3.8) is 0 Å². The molecule has 0 N–H and O–H groups in total. The molecule has 0 bridgehead atoms. The molecule has 2 heterocycles. The second kappa shape index (κ2) is 7.87. The minimum atomic E-state index is -3.54. The number of rotatable bonds is 7. The van der Waals surface area contributed by atoms with Crippen molar-refractivity contribution < 1.29 is 17.7 Å². The smallest absolute Gasteiger partial charge is 0.254 e. The molecule has 2 aromatic rings. The molecule has 0 spiro atoms. The summed E-state index contributed by atoms with van der Waals surface area (Å²) in [6.07, 6.45) is 3.84. The van der Waals surface area contributed by atoms with Gasteiger partial charge in [0.1, 0.15) is 6.04 Å². The van der Waals surface area contributed by atoms with Crippen LogP contribution in [-0.2, 0) is 10.0 Å². The molecule has 1 amide bonds. The van der Waals surface area contributed by atoms with Crippen molar-refractivity contribution in [1.29, 1.82) is 0 Å². The highest BCUT2D eigenvalue weighted by molar-refractivity contribution is 7.89. The Labute approximate surface area is 170 Å². The summed E-state index contributed by atoms with van der Waals surface area (Å²) in [7, 11) is -3.54. The average Bonchev–Trinajstić information content (AvgIpc) is 3.26. The van der Waals surface area contributed by atoms with Crippen LogP contribution in [0.2, 0.25) is 0 Å².